The summed E-state index contributed by atoms with van der Waals surface area (Å²) in [5.74, 6) is 1.66. The van der Waals surface area contributed by atoms with Crippen LogP contribution in [0.2, 0.25) is 0 Å². The molecule has 114 valence electrons. The molecule has 0 unspecified atom stereocenters. The molecule has 3 rings (SSSR count). The van der Waals surface area contributed by atoms with Crippen LogP contribution in [0.5, 0.6) is 5.75 Å². The van der Waals surface area contributed by atoms with E-state index in [9.17, 15) is 0 Å². The predicted octanol–water partition coefficient (Wildman–Crippen LogP) is 2.68. The number of methoxy groups -OCH3 is 1. The molecule has 0 saturated carbocycles. The van der Waals surface area contributed by atoms with Gasteiger partial charge >= 0.3 is 0 Å². The van der Waals surface area contributed by atoms with Crippen LogP contribution in [0.1, 0.15) is 6.42 Å². The largest absolute Gasteiger partial charge is 0.497 e. The molecule has 0 bridgehead atoms. The van der Waals surface area contributed by atoms with E-state index in [0.717, 1.165) is 28.2 Å². The van der Waals surface area contributed by atoms with Crippen LogP contribution in [-0.2, 0) is 6.54 Å². The first-order valence-electron chi connectivity index (χ1n) is 7.24. The SMILES string of the molecule is COc1ccc(-c2nc3c(N)cccc3n2CCCO)cc1. The predicted molar refractivity (Wildman–Crippen MR) is 87.8 cm³/mol. The Labute approximate surface area is 129 Å². The summed E-state index contributed by atoms with van der Waals surface area (Å²) in [6.45, 7) is 0.835. The van der Waals surface area contributed by atoms with Gasteiger partial charge in [-0.1, -0.05) is 6.07 Å². The number of nitrogens with two attached hydrogens (primary N) is 1. The Hall–Kier alpha value is -2.53. The van der Waals surface area contributed by atoms with Gasteiger partial charge in [0.15, 0.2) is 0 Å². The maximum absolute atomic E-state index is 9.15. The zero-order chi connectivity index (χ0) is 15.5. The molecule has 1 heterocycles. The molecule has 0 saturated heterocycles. The van der Waals surface area contributed by atoms with Crippen molar-refractivity contribution >= 4 is 16.7 Å². The molecule has 5 nitrogen and oxygen atoms in total. The third-order valence-corrected chi connectivity index (χ3v) is 3.70. The average molecular weight is 297 g/mol. The van der Waals surface area contributed by atoms with E-state index in [0.29, 0.717) is 18.7 Å². The first kappa shape index (κ1) is 14.4. The number of benzene rings is 2. The first-order valence-corrected chi connectivity index (χ1v) is 7.24. The number of rotatable bonds is 5. The number of hydrogen-bond acceptors (Lipinski definition) is 4. The Bertz CT molecular complexity index is 778. The number of nitrogens with zero attached hydrogens (tertiary/aromatic N) is 2. The number of aryl methyl sites for hydroxylation is 1. The van der Waals surface area contributed by atoms with E-state index in [1.807, 2.05) is 42.5 Å². The quantitative estimate of drug-likeness (QED) is 0.710. The van der Waals surface area contributed by atoms with Gasteiger partial charge in [0.2, 0.25) is 0 Å². The van der Waals surface area contributed by atoms with Crippen molar-refractivity contribution in [1.29, 1.82) is 0 Å². The number of fused-ring (bicyclic) bond motifs is 1. The van der Waals surface area contributed by atoms with Gasteiger partial charge in [-0.05, 0) is 42.8 Å². The third kappa shape index (κ3) is 2.51. The highest BCUT2D eigenvalue weighted by Gasteiger charge is 2.14. The molecule has 3 N–H and O–H groups in total. The normalized spacial score (nSPS) is 11.0. The summed E-state index contributed by atoms with van der Waals surface area (Å²) in [6.07, 6.45) is 0.670. The van der Waals surface area contributed by atoms with Crippen molar-refractivity contribution in [3.63, 3.8) is 0 Å². The highest BCUT2D eigenvalue weighted by atomic mass is 16.5. The Morgan fingerprint density at radius 1 is 1.18 bits per heavy atom. The van der Waals surface area contributed by atoms with Gasteiger partial charge in [-0.25, -0.2) is 4.98 Å². The molecule has 0 aliphatic carbocycles. The first-order chi connectivity index (χ1) is 10.7. The van der Waals surface area contributed by atoms with Crippen LogP contribution in [0.15, 0.2) is 42.5 Å². The minimum Gasteiger partial charge on any atom is -0.497 e. The van der Waals surface area contributed by atoms with Crippen molar-refractivity contribution in [3.05, 3.63) is 42.5 Å². The molecule has 22 heavy (non-hydrogen) atoms. The number of aromatic nitrogens is 2. The second-order valence-electron chi connectivity index (χ2n) is 5.11. The molecular weight excluding hydrogens is 278 g/mol. The molecule has 0 atom stereocenters. The lowest BCUT2D eigenvalue weighted by Gasteiger charge is -2.09. The summed E-state index contributed by atoms with van der Waals surface area (Å²) in [5.41, 5.74) is 9.49. The van der Waals surface area contributed by atoms with Gasteiger partial charge < -0.3 is 20.1 Å². The van der Waals surface area contributed by atoms with E-state index in [4.69, 9.17) is 20.6 Å². The zero-order valence-electron chi connectivity index (χ0n) is 12.5. The molecule has 3 aromatic rings. The number of para-hydroxylation sites is 1. The number of nitrogen functional groups attached to an aromatic ring is 1. The Morgan fingerprint density at radius 3 is 2.64 bits per heavy atom. The van der Waals surface area contributed by atoms with E-state index in [1.54, 1.807) is 7.11 Å². The molecule has 0 radical (unpaired) electrons. The fourth-order valence-corrected chi connectivity index (χ4v) is 2.58. The van der Waals surface area contributed by atoms with Crippen molar-refractivity contribution in [2.24, 2.45) is 0 Å². The maximum Gasteiger partial charge on any atom is 0.141 e. The smallest absolute Gasteiger partial charge is 0.141 e. The fraction of sp³-hybridized carbons (Fsp3) is 0.235. The highest BCUT2D eigenvalue weighted by molar-refractivity contribution is 5.90. The molecule has 0 spiro atoms. The molecule has 0 aliphatic heterocycles. The molecule has 5 heteroatoms. The Balaban J connectivity index is 2.15. The van der Waals surface area contributed by atoms with E-state index < -0.39 is 0 Å². The van der Waals surface area contributed by atoms with Crippen LogP contribution in [0.4, 0.5) is 5.69 Å². The summed E-state index contributed by atoms with van der Waals surface area (Å²) in [7, 11) is 1.65. The van der Waals surface area contributed by atoms with Crippen LogP contribution < -0.4 is 10.5 Å². The molecule has 2 aromatic carbocycles. The lowest BCUT2D eigenvalue weighted by atomic mass is 10.2. The van der Waals surface area contributed by atoms with Gasteiger partial charge in [0.05, 0.1) is 18.3 Å². The summed E-state index contributed by atoms with van der Waals surface area (Å²) < 4.78 is 7.30. The van der Waals surface area contributed by atoms with Gasteiger partial charge in [-0.3, -0.25) is 0 Å². The number of aliphatic hydroxyl groups excluding tert-OH is 1. The van der Waals surface area contributed by atoms with Crippen molar-refractivity contribution in [2.75, 3.05) is 19.5 Å². The number of imidazole rings is 1. The molecule has 1 aromatic heterocycles. The van der Waals surface area contributed by atoms with Crippen molar-refractivity contribution in [1.82, 2.24) is 9.55 Å². The molecular formula is C17H19N3O2. The van der Waals surface area contributed by atoms with E-state index in [-0.39, 0.29) is 6.61 Å². The molecule has 0 fully saturated rings. The Morgan fingerprint density at radius 2 is 1.95 bits per heavy atom. The fourth-order valence-electron chi connectivity index (χ4n) is 2.58. The number of anilines is 1. The maximum atomic E-state index is 9.15. The van der Waals surface area contributed by atoms with Gasteiger partial charge in [0.25, 0.3) is 0 Å². The van der Waals surface area contributed by atoms with Crippen molar-refractivity contribution in [3.8, 4) is 17.1 Å². The van der Waals surface area contributed by atoms with Gasteiger partial charge in [0, 0.05) is 18.7 Å². The van der Waals surface area contributed by atoms with Crippen LogP contribution in [0.3, 0.4) is 0 Å². The van der Waals surface area contributed by atoms with Crippen LogP contribution >= 0.6 is 0 Å². The van der Waals surface area contributed by atoms with E-state index in [1.165, 1.54) is 0 Å². The minimum atomic E-state index is 0.143. The van der Waals surface area contributed by atoms with Crippen LogP contribution in [0.25, 0.3) is 22.4 Å². The average Bonchev–Trinajstić information content (AvgIpc) is 2.93. The summed E-state index contributed by atoms with van der Waals surface area (Å²) in [6, 6.07) is 13.6. The number of hydrogen-bond donors (Lipinski definition) is 2. The van der Waals surface area contributed by atoms with Gasteiger partial charge in [-0.15, -0.1) is 0 Å². The van der Waals surface area contributed by atoms with Crippen molar-refractivity contribution in [2.45, 2.75) is 13.0 Å². The second-order valence-corrected chi connectivity index (χ2v) is 5.11. The third-order valence-electron chi connectivity index (χ3n) is 3.70. The monoisotopic (exact) mass is 297 g/mol. The summed E-state index contributed by atoms with van der Waals surface area (Å²) in [4.78, 5) is 4.71. The van der Waals surface area contributed by atoms with Crippen LogP contribution in [0, 0.1) is 0 Å². The van der Waals surface area contributed by atoms with Crippen LogP contribution in [-0.4, -0.2) is 28.4 Å². The Kier molecular flexibility index (Phi) is 3.98. The summed E-state index contributed by atoms with van der Waals surface area (Å²) in [5, 5.41) is 9.15. The lowest BCUT2D eigenvalue weighted by Crippen LogP contribution is -2.02. The van der Waals surface area contributed by atoms with E-state index in [2.05, 4.69) is 4.57 Å². The lowest BCUT2D eigenvalue weighted by molar-refractivity contribution is 0.281. The second kappa shape index (κ2) is 6.07. The highest BCUT2D eigenvalue weighted by Crippen LogP contribution is 2.29. The molecule has 0 aliphatic rings. The number of aliphatic hydroxyl groups is 1. The molecule has 0 amide bonds. The standard InChI is InChI=1S/C17H19N3O2/c1-22-13-8-6-12(7-9-13)17-19-16-14(18)4-2-5-15(16)20(17)10-3-11-21/h2,4-9,21H,3,10-11,18H2,1H3. The van der Waals surface area contributed by atoms with Crippen molar-refractivity contribution < 1.29 is 9.84 Å². The summed E-state index contributed by atoms with van der Waals surface area (Å²) >= 11 is 0. The zero-order valence-corrected chi connectivity index (χ0v) is 12.5. The van der Waals surface area contributed by atoms with Gasteiger partial charge in [-0.2, -0.15) is 0 Å². The number of ether oxygens (including phenoxy) is 1. The minimum absolute atomic E-state index is 0.143. The van der Waals surface area contributed by atoms with E-state index >= 15 is 0 Å². The topological polar surface area (TPSA) is 73.3 Å². The van der Waals surface area contributed by atoms with Gasteiger partial charge in [0.1, 0.15) is 17.1 Å².